The number of fused-ring (bicyclic) bond motifs is 2. The quantitative estimate of drug-likeness (QED) is 0.334. The third kappa shape index (κ3) is 6.69. The first kappa shape index (κ1) is 32.0. The zero-order valence-corrected chi connectivity index (χ0v) is 28.5. The van der Waals surface area contributed by atoms with E-state index in [0.717, 1.165) is 81.7 Å². The number of hydrogen-bond acceptors (Lipinski definition) is 9. The smallest absolute Gasteiger partial charge is 0.410 e. The zero-order chi connectivity index (χ0) is 33.5. The van der Waals surface area contributed by atoms with Crippen molar-refractivity contribution in [1.82, 2.24) is 20.0 Å². The first-order valence-electron chi connectivity index (χ1n) is 17.6. The molecule has 11 nitrogen and oxygen atoms in total. The van der Waals surface area contributed by atoms with E-state index in [0.29, 0.717) is 48.5 Å². The number of nitrogens with zero attached hydrogens (tertiary/aromatic N) is 6. The van der Waals surface area contributed by atoms with Crippen LogP contribution in [0.25, 0.3) is 0 Å². The van der Waals surface area contributed by atoms with Gasteiger partial charge < -0.3 is 34.8 Å². The number of aromatic nitrogens is 2. The van der Waals surface area contributed by atoms with Gasteiger partial charge in [-0.3, -0.25) is 4.79 Å². The second-order valence-electron chi connectivity index (χ2n) is 14.7. The molecule has 0 radical (unpaired) electrons. The predicted octanol–water partition coefficient (Wildman–Crippen LogP) is 5.38. The van der Waals surface area contributed by atoms with Crippen LogP contribution in [-0.2, 0) is 16.1 Å². The summed E-state index contributed by atoms with van der Waals surface area (Å²) in [5.41, 5.74) is 9.25. The Morgan fingerprint density at radius 2 is 1.57 bits per heavy atom. The van der Waals surface area contributed by atoms with Crippen molar-refractivity contribution < 1.29 is 19.1 Å². The van der Waals surface area contributed by atoms with Crippen molar-refractivity contribution in [3.05, 3.63) is 71.4 Å². The van der Waals surface area contributed by atoms with Crippen LogP contribution in [0, 0.1) is 11.3 Å². The average molecular weight is 686 g/mol. The van der Waals surface area contributed by atoms with Gasteiger partial charge in [-0.05, 0) is 62.1 Å². The summed E-state index contributed by atoms with van der Waals surface area (Å²) >= 11 is 6.14. The van der Waals surface area contributed by atoms with Gasteiger partial charge in [0.05, 0.1) is 11.8 Å². The molecule has 2 unspecified atom stereocenters. The molecule has 8 rings (SSSR count). The van der Waals surface area contributed by atoms with Gasteiger partial charge in [0.15, 0.2) is 11.0 Å². The van der Waals surface area contributed by atoms with Crippen molar-refractivity contribution in [2.24, 2.45) is 11.3 Å². The predicted molar refractivity (Wildman–Crippen MR) is 188 cm³/mol. The highest BCUT2D eigenvalue weighted by Crippen LogP contribution is 2.42. The monoisotopic (exact) mass is 685 g/mol. The third-order valence-electron chi connectivity index (χ3n) is 11.2. The highest BCUT2D eigenvalue weighted by molar-refractivity contribution is 6.29. The number of carbonyl (C=O) groups excluding carboxylic acids is 2. The van der Waals surface area contributed by atoms with Gasteiger partial charge in [-0.25, -0.2) is 4.79 Å². The third-order valence-corrected chi connectivity index (χ3v) is 11.4. The van der Waals surface area contributed by atoms with Crippen LogP contribution in [0.5, 0.6) is 5.75 Å². The fraction of sp³-hybridized carbons (Fsp3) is 0.514. The number of amides is 2. The number of halogens is 1. The molecule has 49 heavy (non-hydrogen) atoms. The van der Waals surface area contributed by atoms with Gasteiger partial charge in [0.2, 0.25) is 5.91 Å². The lowest BCUT2D eigenvalue weighted by Crippen LogP contribution is -2.73. The van der Waals surface area contributed by atoms with Crippen molar-refractivity contribution in [3.8, 4) is 5.75 Å². The largest absolute Gasteiger partial charge is 0.490 e. The number of piperazine rings is 1. The Morgan fingerprint density at radius 1 is 0.857 bits per heavy atom. The second-order valence-corrected chi connectivity index (χ2v) is 15.1. The number of ether oxygens (including phenoxy) is 2. The number of anilines is 3. The molecule has 5 fully saturated rings. The number of rotatable bonds is 8. The molecular formula is C37H44ClN7O4. The van der Waals surface area contributed by atoms with Crippen LogP contribution in [0.15, 0.2) is 60.7 Å². The minimum atomic E-state index is -0.271. The molecule has 258 valence electrons. The van der Waals surface area contributed by atoms with E-state index in [9.17, 15) is 9.59 Å². The highest BCUT2D eigenvalue weighted by Gasteiger charge is 2.55. The summed E-state index contributed by atoms with van der Waals surface area (Å²) in [6.07, 6.45) is 6.66. The molecule has 2 N–H and O–H groups in total. The minimum absolute atomic E-state index is 0.0496. The van der Waals surface area contributed by atoms with Crippen molar-refractivity contribution in [1.29, 1.82) is 0 Å². The summed E-state index contributed by atoms with van der Waals surface area (Å²) in [4.78, 5) is 34.1. The van der Waals surface area contributed by atoms with Gasteiger partial charge in [-0.15, -0.1) is 10.2 Å². The number of nitrogens with two attached hydrogens (primary N) is 1. The van der Waals surface area contributed by atoms with Crippen LogP contribution in [0.1, 0.15) is 50.5 Å². The lowest BCUT2D eigenvalue weighted by Gasteiger charge is -2.59. The summed E-state index contributed by atoms with van der Waals surface area (Å²) < 4.78 is 12.0. The normalized spacial score (nSPS) is 25.5. The van der Waals surface area contributed by atoms with Crippen LogP contribution in [-0.4, -0.2) is 89.5 Å². The summed E-state index contributed by atoms with van der Waals surface area (Å²) in [6.45, 7) is 4.81. The molecule has 3 aromatic rings. The fourth-order valence-corrected chi connectivity index (χ4v) is 8.87. The van der Waals surface area contributed by atoms with E-state index in [4.69, 9.17) is 26.8 Å². The summed E-state index contributed by atoms with van der Waals surface area (Å²) in [7, 11) is 0. The van der Waals surface area contributed by atoms with Crippen LogP contribution in [0.4, 0.5) is 22.0 Å². The van der Waals surface area contributed by atoms with Crippen molar-refractivity contribution in [2.75, 3.05) is 54.8 Å². The maximum atomic E-state index is 13.1. The Bertz CT molecular complexity index is 1660. The number of hydrogen-bond donors (Lipinski definition) is 1. The average Bonchev–Trinajstić information content (AvgIpc) is 3.34. The topological polar surface area (TPSA) is 117 Å². The van der Waals surface area contributed by atoms with E-state index in [2.05, 4.69) is 44.3 Å². The Balaban J connectivity index is 0.766. The van der Waals surface area contributed by atoms with E-state index in [-0.39, 0.29) is 30.1 Å². The number of likely N-dealkylation sites (tertiary alicyclic amines) is 2. The van der Waals surface area contributed by atoms with E-state index in [1.165, 1.54) is 5.69 Å². The molecule has 1 spiro atoms. The van der Waals surface area contributed by atoms with Crippen molar-refractivity contribution >= 4 is 40.8 Å². The van der Waals surface area contributed by atoms with Gasteiger partial charge in [-0.1, -0.05) is 48.0 Å². The van der Waals surface area contributed by atoms with E-state index in [1.54, 1.807) is 4.90 Å². The summed E-state index contributed by atoms with van der Waals surface area (Å²) in [5, 5.41) is 8.25. The van der Waals surface area contributed by atoms with Crippen LogP contribution >= 0.6 is 11.6 Å². The number of carbonyl (C=O) groups is 2. The molecule has 2 bridgehead atoms. The molecule has 5 heterocycles. The molecule has 2 atom stereocenters. The van der Waals surface area contributed by atoms with Gasteiger partial charge in [0.1, 0.15) is 12.4 Å². The lowest BCUT2D eigenvalue weighted by molar-refractivity contribution is -0.157. The molecule has 12 heteroatoms. The first-order chi connectivity index (χ1) is 23.8. The van der Waals surface area contributed by atoms with Crippen LogP contribution in [0.2, 0.25) is 5.15 Å². The fourth-order valence-electron chi connectivity index (χ4n) is 8.73. The van der Waals surface area contributed by atoms with Gasteiger partial charge in [0.25, 0.3) is 0 Å². The zero-order valence-electron chi connectivity index (χ0n) is 27.8. The van der Waals surface area contributed by atoms with Crippen molar-refractivity contribution in [2.45, 2.75) is 69.7 Å². The Hall–Kier alpha value is -4.25. The SMILES string of the molecule is Nc1nnc(Cl)cc1N1CC2CCC(C1)N2c1cccc(OC2CCC(CC(=O)N3CC4(C3)CN(C(=O)OCc3ccccc3)C4)CC2)c1. The Kier molecular flexibility index (Phi) is 8.63. The van der Waals surface area contributed by atoms with E-state index >= 15 is 0 Å². The van der Waals surface area contributed by atoms with Gasteiger partial charge in [-0.2, -0.15) is 0 Å². The van der Waals surface area contributed by atoms with Crippen LogP contribution < -0.4 is 20.3 Å². The van der Waals surface area contributed by atoms with E-state index < -0.39 is 0 Å². The number of benzene rings is 2. The molecule has 4 saturated heterocycles. The lowest BCUT2D eigenvalue weighted by atomic mass is 9.72. The molecule has 2 amide bonds. The molecule has 5 aliphatic rings. The van der Waals surface area contributed by atoms with Crippen LogP contribution in [0.3, 0.4) is 0 Å². The van der Waals surface area contributed by atoms with Gasteiger partial charge in [0, 0.05) is 81.0 Å². The first-order valence-corrected chi connectivity index (χ1v) is 18.0. The highest BCUT2D eigenvalue weighted by atomic mass is 35.5. The second kappa shape index (κ2) is 13.2. The number of nitrogen functional groups attached to an aromatic ring is 1. The minimum Gasteiger partial charge on any atom is -0.490 e. The molecule has 1 aliphatic carbocycles. The summed E-state index contributed by atoms with van der Waals surface area (Å²) in [6, 6.07) is 20.8. The standard InChI is InChI=1S/C37H44ClN7O4/c38-33-17-32(35(39)41-40-33)42-18-28-11-12-29(19-42)45(28)27-7-4-8-31(16-27)49-30-13-9-25(10-14-30)15-34(46)43-21-37(22-43)23-44(24-37)36(47)48-20-26-5-2-1-3-6-26/h1-8,16-17,25,28-30H,9-15,18-24H2,(H2,39,41). The summed E-state index contributed by atoms with van der Waals surface area (Å²) in [5.74, 6) is 1.97. The maximum absolute atomic E-state index is 13.1. The molecule has 2 aromatic carbocycles. The maximum Gasteiger partial charge on any atom is 0.410 e. The van der Waals surface area contributed by atoms with Crippen molar-refractivity contribution in [3.63, 3.8) is 0 Å². The molecule has 1 aromatic heterocycles. The Labute approximate surface area is 292 Å². The Morgan fingerprint density at radius 3 is 2.31 bits per heavy atom. The van der Waals surface area contributed by atoms with Gasteiger partial charge >= 0.3 is 6.09 Å². The molecule has 4 aliphatic heterocycles. The molecule has 1 saturated carbocycles. The molecular weight excluding hydrogens is 642 g/mol. The van der Waals surface area contributed by atoms with E-state index in [1.807, 2.05) is 41.3 Å².